The van der Waals surface area contributed by atoms with Gasteiger partial charge >= 0.3 is 5.63 Å². The molecule has 6 heteroatoms. The van der Waals surface area contributed by atoms with E-state index in [0.717, 1.165) is 25.7 Å². The summed E-state index contributed by atoms with van der Waals surface area (Å²) in [6, 6.07) is 1.83. The number of rotatable bonds is 4. The molecule has 2 aliphatic rings. The summed E-state index contributed by atoms with van der Waals surface area (Å²) in [6.07, 6.45) is 4.06. The van der Waals surface area contributed by atoms with Crippen LogP contribution in [-0.2, 0) is 4.79 Å². The third-order valence-corrected chi connectivity index (χ3v) is 5.90. The Morgan fingerprint density at radius 3 is 2.58 bits per heavy atom. The average Bonchev–Trinajstić information content (AvgIpc) is 2.95. The van der Waals surface area contributed by atoms with Crippen molar-refractivity contribution in [2.75, 3.05) is 19.6 Å². The van der Waals surface area contributed by atoms with E-state index in [1.54, 1.807) is 11.8 Å². The second-order valence-corrected chi connectivity index (χ2v) is 7.93. The number of carbonyl (C=O) groups is 2. The number of amides is 2. The maximum atomic E-state index is 12.9. The summed E-state index contributed by atoms with van der Waals surface area (Å²) < 4.78 is 5.47. The predicted molar refractivity (Wildman–Crippen MR) is 98.2 cm³/mol. The Labute approximate surface area is 153 Å². The Kier molecular flexibility index (Phi) is 5.21. The summed E-state index contributed by atoms with van der Waals surface area (Å²) >= 11 is 0. The molecule has 2 saturated heterocycles. The minimum atomic E-state index is -0.536. The molecule has 1 aromatic heterocycles. The van der Waals surface area contributed by atoms with Crippen molar-refractivity contribution in [1.82, 2.24) is 10.2 Å². The molecule has 0 saturated carbocycles. The van der Waals surface area contributed by atoms with Crippen molar-refractivity contribution in [2.45, 2.75) is 58.8 Å². The molecule has 0 aromatic carbocycles. The molecule has 26 heavy (non-hydrogen) atoms. The third kappa shape index (κ3) is 3.55. The number of hydrogen-bond acceptors (Lipinski definition) is 4. The highest BCUT2D eigenvalue weighted by molar-refractivity contribution is 5.95. The van der Waals surface area contributed by atoms with Crippen LogP contribution in [0.3, 0.4) is 0 Å². The van der Waals surface area contributed by atoms with Crippen LogP contribution in [0.4, 0.5) is 0 Å². The van der Waals surface area contributed by atoms with Gasteiger partial charge in [0.25, 0.3) is 5.91 Å². The predicted octanol–water partition coefficient (Wildman–Crippen LogP) is 2.59. The fourth-order valence-corrected chi connectivity index (χ4v) is 4.16. The molecule has 2 amide bonds. The fourth-order valence-electron chi connectivity index (χ4n) is 4.16. The standard InChI is InChI=1S/C20H28N2O4/c1-4-5-13(2)15-10-14(3)17(19(25)26-15)18(24)22-8-6-20(7-9-22)11-16(23)21-12-20/h10,13H,4-9,11-12H2,1-3H3,(H,21,23). The van der Waals surface area contributed by atoms with Crippen LogP contribution in [0.15, 0.2) is 15.3 Å². The molecule has 0 aliphatic carbocycles. The average molecular weight is 360 g/mol. The summed E-state index contributed by atoms with van der Waals surface area (Å²) in [6.45, 7) is 7.76. The molecule has 6 nitrogen and oxygen atoms in total. The molecule has 3 rings (SSSR count). The fraction of sp³-hybridized carbons (Fsp3) is 0.650. The molecule has 0 bridgehead atoms. The van der Waals surface area contributed by atoms with E-state index in [-0.39, 0.29) is 28.7 Å². The van der Waals surface area contributed by atoms with E-state index < -0.39 is 5.63 Å². The van der Waals surface area contributed by atoms with Gasteiger partial charge in [-0.25, -0.2) is 4.79 Å². The molecule has 2 fully saturated rings. The number of nitrogens with one attached hydrogen (secondary N) is 1. The number of likely N-dealkylation sites (tertiary alicyclic amines) is 1. The van der Waals surface area contributed by atoms with Gasteiger partial charge in [-0.2, -0.15) is 0 Å². The van der Waals surface area contributed by atoms with Crippen molar-refractivity contribution in [3.63, 3.8) is 0 Å². The van der Waals surface area contributed by atoms with Crippen molar-refractivity contribution in [3.8, 4) is 0 Å². The Balaban J connectivity index is 1.74. The lowest BCUT2D eigenvalue weighted by atomic mass is 9.77. The van der Waals surface area contributed by atoms with E-state index in [1.165, 1.54) is 0 Å². The van der Waals surface area contributed by atoms with E-state index >= 15 is 0 Å². The number of carbonyl (C=O) groups excluding carboxylic acids is 2. The highest BCUT2D eigenvalue weighted by atomic mass is 16.4. The second kappa shape index (κ2) is 7.25. The van der Waals surface area contributed by atoms with Gasteiger partial charge in [0, 0.05) is 32.0 Å². The Bertz CT molecular complexity index is 760. The van der Waals surface area contributed by atoms with Crippen LogP contribution in [0.1, 0.15) is 73.6 Å². The summed E-state index contributed by atoms with van der Waals surface area (Å²) in [4.78, 5) is 38.6. The van der Waals surface area contributed by atoms with Crippen LogP contribution in [-0.4, -0.2) is 36.3 Å². The first-order valence-corrected chi connectivity index (χ1v) is 9.56. The maximum Gasteiger partial charge on any atom is 0.349 e. The molecule has 0 radical (unpaired) electrons. The smallest absolute Gasteiger partial charge is 0.349 e. The lowest BCUT2D eigenvalue weighted by Crippen LogP contribution is -2.45. The normalized spacial score (nSPS) is 20.3. The lowest BCUT2D eigenvalue weighted by Gasteiger charge is -2.38. The van der Waals surface area contributed by atoms with Crippen molar-refractivity contribution in [3.05, 3.63) is 33.4 Å². The van der Waals surface area contributed by atoms with Crippen LogP contribution < -0.4 is 10.9 Å². The molecule has 142 valence electrons. The molecule has 1 unspecified atom stereocenters. The van der Waals surface area contributed by atoms with Gasteiger partial charge in [-0.3, -0.25) is 9.59 Å². The van der Waals surface area contributed by atoms with Gasteiger partial charge in [0.05, 0.1) is 0 Å². The minimum absolute atomic E-state index is 0.0208. The molecule has 1 N–H and O–H groups in total. The Morgan fingerprint density at radius 2 is 2.04 bits per heavy atom. The summed E-state index contributed by atoms with van der Waals surface area (Å²) in [5.41, 5.74) is 0.273. The molecular weight excluding hydrogens is 332 g/mol. The maximum absolute atomic E-state index is 12.9. The molecule has 2 aliphatic heterocycles. The quantitative estimate of drug-likeness (QED) is 0.895. The van der Waals surface area contributed by atoms with E-state index in [2.05, 4.69) is 12.2 Å². The largest absolute Gasteiger partial charge is 0.427 e. The van der Waals surface area contributed by atoms with Crippen molar-refractivity contribution in [1.29, 1.82) is 0 Å². The first kappa shape index (κ1) is 18.7. The highest BCUT2D eigenvalue weighted by Gasteiger charge is 2.42. The Hall–Kier alpha value is -2.11. The second-order valence-electron chi connectivity index (χ2n) is 7.93. The van der Waals surface area contributed by atoms with Crippen molar-refractivity contribution >= 4 is 11.8 Å². The SMILES string of the molecule is CCCC(C)c1cc(C)c(C(=O)N2CCC3(CC2)CNC(=O)C3)c(=O)o1. The van der Waals surface area contributed by atoms with Crippen LogP contribution in [0.2, 0.25) is 0 Å². The van der Waals surface area contributed by atoms with Gasteiger partial charge < -0.3 is 14.6 Å². The third-order valence-electron chi connectivity index (χ3n) is 5.90. The van der Waals surface area contributed by atoms with E-state index in [4.69, 9.17) is 4.42 Å². The molecule has 1 spiro atoms. The van der Waals surface area contributed by atoms with Crippen LogP contribution >= 0.6 is 0 Å². The zero-order valence-corrected chi connectivity index (χ0v) is 15.9. The number of hydrogen-bond donors (Lipinski definition) is 1. The van der Waals surface area contributed by atoms with Crippen LogP contribution in [0.5, 0.6) is 0 Å². The zero-order chi connectivity index (χ0) is 18.9. The number of nitrogens with zero attached hydrogens (tertiary/aromatic N) is 1. The molecular formula is C20H28N2O4. The number of piperidine rings is 1. The first-order valence-electron chi connectivity index (χ1n) is 9.56. The Morgan fingerprint density at radius 1 is 1.35 bits per heavy atom. The van der Waals surface area contributed by atoms with Crippen LogP contribution in [0.25, 0.3) is 0 Å². The number of aryl methyl sites for hydroxylation is 1. The molecule has 3 heterocycles. The van der Waals surface area contributed by atoms with Gasteiger partial charge in [-0.05, 0) is 43.2 Å². The summed E-state index contributed by atoms with van der Waals surface area (Å²) in [5.74, 6) is 0.660. The van der Waals surface area contributed by atoms with Crippen LogP contribution in [0, 0.1) is 12.3 Å². The van der Waals surface area contributed by atoms with Gasteiger partial charge in [-0.15, -0.1) is 0 Å². The molecule has 1 aromatic rings. The first-order chi connectivity index (χ1) is 12.3. The highest BCUT2D eigenvalue weighted by Crippen LogP contribution is 2.37. The summed E-state index contributed by atoms with van der Waals surface area (Å²) in [7, 11) is 0. The van der Waals surface area contributed by atoms with Gasteiger partial charge in [0.2, 0.25) is 5.91 Å². The molecule has 1 atom stereocenters. The van der Waals surface area contributed by atoms with Gasteiger partial charge in [-0.1, -0.05) is 20.3 Å². The van der Waals surface area contributed by atoms with Gasteiger partial charge in [0.15, 0.2) is 0 Å². The lowest BCUT2D eigenvalue weighted by molar-refractivity contribution is -0.119. The van der Waals surface area contributed by atoms with Crippen molar-refractivity contribution in [2.24, 2.45) is 5.41 Å². The van der Waals surface area contributed by atoms with E-state index in [1.807, 2.05) is 13.0 Å². The summed E-state index contributed by atoms with van der Waals surface area (Å²) in [5, 5.41) is 2.89. The van der Waals surface area contributed by atoms with E-state index in [0.29, 0.717) is 37.4 Å². The van der Waals surface area contributed by atoms with E-state index in [9.17, 15) is 14.4 Å². The zero-order valence-electron chi connectivity index (χ0n) is 15.9. The minimum Gasteiger partial charge on any atom is -0.427 e. The van der Waals surface area contributed by atoms with Crippen molar-refractivity contribution < 1.29 is 14.0 Å². The van der Waals surface area contributed by atoms with Gasteiger partial charge in [0.1, 0.15) is 11.3 Å². The topological polar surface area (TPSA) is 79.6 Å². The monoisotopic (exact) mass is 360 g/mol.